The summed E-state index contributed by atoms with van der Waals surface area (Å²) in [6.07, 6.45) is 1.40. The van der Waals surface area contributed by atoms with E-state index >= 15 is 0 Å². The molecule has 2 N–H and O–H groups in total. The number of anilines is 1. The van der Waals surface area contributed by atoms with E-state index in [9.17, 15) is 9.59 Å². The van der Waals surface area contributed by atoms with Gasteiger partial charge in [-0.25, -0.2) is 4.79 Å². The molecule has 0 aliphatic heterocycles. The number of hydrogen-bond donors (Lipinski definition) is 2. The van der Waals surface area contributed by atoms with Crippen molar-refractivity contribution in [1.82, 2.24) is 14.9 Å². The van der Waals surface area contributed by atoms with Crippen molar-refractivity contribution in [3.05, 3.63) is 42.1 Å². The number of nitrogens with one attached hydrogen (secondary N) is 2. The molecule has 0 fully saturated rings. The summed E-state index contributed by atoms with van der Waals surface area (Å²) in [6.45, 7) is 0. The molecule has 6 nitrogen and oxygen atoms in total. The number of hydrogen-bond acceptors (Lipinski definition) is 5. The van der Waals surface area contributed by atoms with E-state index in [0.29, 0.717) is 10.6 Å². The summed E-state index contributed by atoms with van der Waals surface area (Å²) >= 11 is 1.03. The monoisotopic (exact) mass is 248 g/mol. The molecule has 0 unspecified atom stereocenters. The number of aromatic nitrogens is 2. The largest absolute Gasteiger partial charge is 0.326 e. The number of carbonyl (C=O) groups is 2. The molecule has 2 rings (SSSR count). The van der Waals surface area contributed by atoms with Crippen molar-refractivity contribution < 1.29 is 9.59 Å². The van der Waals surface area contributed by atoms with E-state index in [4.69, 9.17) is 0 Å². The second-order valence-electron chi connectivity index (χ2n) is 3.06. The van der Waals surface area contributed by atoms with Gasteiger partial charge in [0.25, 0.3) is 5.91 Å². The van der Waals surface area contributed by atoms with Crippen molar-refractivity contribution in [1.29, 1.82) is 0 Å². The molecule has 1 aromatic carbocycles. The minimum Gasteiger partial charge on any atom is -0.296 e. The lowest BCUT2D eigenvalue weighted by molar-refractivity contribution is 0.0967. The molecule has 17 heavy (non-hydrogen) atoms. The highest BCUT2D eigenvalue weighted by Gasteiger charge is 2.10. The Morgan fingerprint density at radius 2 is 1.94 bits per heavy atom. The zero-order valence-electron chi connectivity index (χ0n) is 8.58. The Hall–Kier alpha value is -2.28. The van der Waals surface area contributed by atoms with Crippen molar-refractivity contribution in [3.63, 3.8) is 0 Å². The van der Waals surface area contributed by atoms with E-state index in [1.807, 2.05) is 0 Å². The van der Waals surface area contributed by atoms with Gasteiger partial charge in [-0.3, -0.25) is 15.4 Å². The Bertz CT molecular complexity index is 512. The number of carbonyl (C=O) groups excluding carboxylic acids is 2. The van der Waals surface area contributed by atoms with Gasteiger partial charge in [0.1, 0.15) is 5.00 Å². The maximum absolute atomic E-state index is 11.6. The summed E-state index contributed by atoms with van der Waals surface area (Å²) in [6, 6.07) is 7.87. The predicted octanol–water partition coefficient (Wildman–Crippen LogP) is 1.50. The van der Waals surface area contributed by atoms with Crippen LogP contribution < -0.4 is 10.6 Å². The summed E-state index contributed by atoms with van der Waals surface area (Å²) in [5, 5.41) is 8.67. The SMILES string of the molecule is O=C(NC(=O)c1ccccc1)Nc1cnns1. The Morgan fingerprint density at radius 3 is 2.59 bits per heavy atom. The van der Waals surface area contributed by atoms with Gasteiger partial charge < -0.3 is 0 Å². The molecule has 0 aliphatic rings. The maximum atomic E-state index is 11.6. The third-order valence-electron chi connectivity index (χ3n) is 1.86. The highest BCUT2D eigenvalue weighted by molar-refractivity contribution is 7.10. The fraction of sp³-hybridized carbons (Fsp3) is 0. The summed E-state index contributed by atoms with van der Waals surface area (Å²) in [5.74, 6) is -0.458. The Morgan fingerprint density at radius 1 is 1.18 bits per heavy atom. The molecule has 0 bridgehead atoms. The number of benzene rings is 1. The molecule has 86 valence electrons. The third-order valence-corrected chi connectivity index (χ3v) is 2.44. The molecule has 1 aromatic heterocycles. The molecule has 0 radical (unpaired) electrons. The van der Waals surface area contributed by atoms with Crippen LogP contribution in [0.25, 0.3) is 0 Å². The number of urea groups is 1. The van der Waals surface area contributed by atoms with Crippen molar-refractivity contribution in [2.75, 3.05) is 5.32 Å². The summed E-state index contributed by atoms with van der Waals surface area (Å²) in [4.78, 5) is 23.0. The number of nitrogens with zero attached hydrogens (tertiary/aromatic N) is 2. The van der Waals surface area contributed by atoms with Gasteiger partial charge in [-0.1, -0.05) is 22.7 Å². The molecule has 1 heterocycles. The summed E-state index contributed by atoms with van der Waals surface area (Å²) in [5.41, 5.74) is 0.421. The van der Waals surface area contributed by atoms with Crippen LogP contribution in [0.15, 0.2) is 36.5 Å². The van der Waals surface area contributed by atoms with Crippen LogP contribution in [0.4, 0.5) is 9.80 Å². The van der Waals surface area contributed by atoms with Gasteiger partial charge in [0.2, 0.25) is 0 Å². The zero-order chi connectivity index (χ0) is 12.1. The molecule has 0 spiro atoms. The number of amides is 3. The van der Waals surface area contributed by atoms with Crippen molar-refractivity contribution in [2.45, 2.75) is 0 Å². The average Bonchev–Trinajstić information content (AvgIpc) is 2.82. The standard InChI is InChI=1S/C10H8N4O2S/c15-9(7-4-2-1-3-5-7)13-10(16)12-8-6-11-14-17-8/h1-6H,(H2,12,13,15,16). The predicted molar refractivity (Wildman–Crippen MR) is 62.8 cm³/mol. The topological polar surface area (TPSA) is 84.0 Å². The van der Waals surface area contributed by atoms with Gasteiger partial charge in [-0.05, 0) is 12.1 Å². The van der Waals surface area contributed by atoms with Gasteiger partial charge in [0, 0.05) is 17.1 Å². The molecule has 7 heteroatoms. The molecule has 0 aliphatic carbocycles. The van der Waals surface area contributed by atoms with Crippen LogP contribution in [-0.4, -0.2) is 21.5 Å². The van der Waals surface area contributed by atoms with Crippen LogP contribution in [0.1, 0.15) is 10.4 Å². The highest BCUT2D eigenvalue weighted by Crippen LogP contribution is 2.08. The Labute approximate surface area is 101 Å². The summed E-state index contributed by atoms with van der Waals surface area (Å²) < 4.78 is 3.58. The van der Waals surface area contributed by atoms with Gasteiger partial charge in [0.15, 0.2) is 0 Å². The third kappa shape index (κ3) is 3.08. The molecule has 0 saturated carbocycles. The normalized spacial score (nSPS) is 9.65. The fourth-order valence-electron chi connectivity index (χ4n) is 1.13. The van der Waals surface area contributed by atoms with E-state index in [0.717, 1.165) is 11.5 Å². The van der Waals surface area contributed by atoms with E-state index in [1.54, 1.807) is 30.3 Å². The number of imide groups is 1. The molecular formula is C10H8N4O2S. The molecular weight excluding hydrogens is 240 g/mol. The van der Waals surface area contributed by atoms with E-state index in [1.165, 1.54) is 6.20 Å². The van der Waals surface area contributed by atoms with Gasteiger partial charge in [-0.15, -0.1) is 5.10 Å². The van der Waals surface area contributed by atoms with Crippen molar-refractivity contribution in [3.8, 4) is 0 Å². The smallest absolute Gasteiger partial charge is 0.296 e. The van der Waals surface area contributed by atoms with Crippen LogP contribution in [0.2, 0.25) is 0 Å². The lowest BCUT2D eigenvalue weighted by atomic mass is 10.2. The average molecular weight is 248 g/mol. The minimum atomic E-state index is -0.607. The zero-order valence-corrected chi connectivity index (χ0v) is 9.40. The van der Waals surface area contributed by atoms with E-state index in [2.05, 4.69) is 20.2 Å². The molecule has 3 amide bonds. The van der Waals surface area contributed by atoms with Crippen LogP contribution in [0, 0.1) is 0 Å². The van der Waals surface area contributed by atoms with Crippen LogP contribution in [-0.2, 0) is 0 Å². The van der Waals surface area contributed by atoms with Crippen molar-refractivity contribution in [2.24, 2.45) is 0 Å². The van der Waals surface area contributed by atoms with Crippen LogP contribution >= 0.6 is 11.5 Å². The molecule has 0 saturated heterocycles. The first kappa shape index (κ1) is 11.2. The van der Waals surface area contributed by atoms with Crippen LogP contribution in [0.3, 0.4) is 0 Å². The second kappa shape index (κ2) is 5.17. The minimum absolute atomic E-state index is 0.421. The first-order valence-electron chi connectivity index (χ1n) is 4.70. The Balaban J connectivity index is 1.93. The molecule has 2 aromatic rings. The molecule has 0 atom stereocenters. The first-order valence-corrected chi connectivity index (χ1v) is 5.48. The number of rotatable bonds is 2. The second-order valence-corrected chi connectivity index (χ2v) is 3.84. The highest BCUT2D eigenvalue weighted by atomic mass is 32.1. The lowest BCUT2D eigenvalue weighted by Gasteiger charge is -2.03. The van der Waals surface area contributed by atoms with Gasteiger partial charge in [-0.2, -0.15) is 0 Å². The summed E-state index contributed by atoms with van der Waals surface area (Å²) in [7, 11) is 0. The van der Waals surface area contributed by atoms with Crippen LogP contribution in [0.5, 0.6) is 0 Å². The Kier molecular flexibility index (Phi) is 3.41. The first-order chi connectivity index (χ1) is 8.25. The van der Waals surface area contributed by atoms with Gasteiger partial charge >= 0.3 is 6.03 Å². The van der Waals surface area contributed by atoms with E-state index in [-0.39, 0.29) is 0 Å². The quantitative estimate of drug-likeness (QED) is 0.843. The maximum Gasteiger partial charge on any atom is 0.326 e. The fourth-order valence-corrected chi connectivity index (χ4v) is 1.55. The van der Waals surface area contributed by atoms with E-state index < -0.39 is 11.9 Å². The lowest BCUT2D eigenvalue weighted by Crippen LogP contribution is -2.34. The van der Waals surface area contributed by atoms with Crippen molar-refractivity contribution >= 4 is 28.5 Å². The van der Waals surface area contributed by atoms with Gasteiger partial charge in [0.05, 0.1) is 6.20 Å².